The van der Waals surface area contributed by atoms with E-state index in [4.69, 9.17) is 43.2 Å². The Balaban J connectivity index is 0.000000113. The van der Waals surface area contributed by atoms with Gasteiger partial charge in [0, 0.05) is 119 Å². The standard InChI is InChI=1S/C42H27N2O2P.C38H25N2O2P.C32H23N2O2P/c45-47(32-14-6-2-7-15-32,33-16-8-3-9-17-33)34-23-22-29-26-31(21-20-30(29)27-34)40-36-24-25-38-41(39(36)35-18-10-11-19-37(35)43-40)44-42(46-38)28-12-4-1-5-13-28;41-43(28-14-6-2-7-15-28,29-16-8-3-9-17-29)30-22-20-26(21-23-30)36-32-24-25-34-37(35(32)31-18-10-11-19-33(31)39-36)40-38(42-34)27-12-4-1-5-13-27;1-37(2,35)24-15-14-21-18-23(13-12-22(21)19-24)30-26-16-17-28-31(29(26)25-10-6-7-11-27(25)33-30)34-32(36-28)20-8-4-3-5-9-20/h1-27H;1-25H;3-19H,1-2H3. The van der Waals surface area contributed by atoms with Crippen LogP contribution in [0.4, 0.5) is 0 Å². The van der Waals surface area contributed by atoms with E-state index >= 15 is 0 Å². The van der Waals surface area contributed by atoms with Gasteiger partial charge in [-0.3, -0.25) is 0 Å². The molecular weight excluding hydrogens is 1620 g/mol. The fourth-order valence-electron chi connectivity index (χ4n) is 17.6. The van der Waals surface area contributed by atoms with Gasteiger partial charge in [0.15, 0.2) is 31.0 Å². The van der Waals surface area contributed by atoms with Crippen LogP contribution < -0.4 is 37.1 Å². The van der Waals surface area contributed by atoms with Gasteiger partial charge in [-0.1, -0.05) is 303 Å². The zero-order chi connectivity index (χ0) is 85.3. The van der Waals surface area contributed by atoms with Gasteiger partial charge in [-0.2, -0.15) is 0 Å². The van der Waals surface area contributed by atoms with Gasteiger partial charge in [-0.05, 0) is 150 Å². The third-order valence-corrected chi connectivity index (χ3v) is 31.5. The molecule has 15 heteroatoms. The van der Waals surface area contributed by atoms with Gasteiger partial charge in [0.2, 0.25) is 17.7 Å². The van der Waals surface area contributed by atoms with Crippen molar-refractivity contribution in [2.75, 3.05) is 13.3 Å². The van der Waals surface area contributed by atoms with E-state index in [-0.39, 0.29) is 0 Å². The van der Waals surface area contributed by atoms with Crippen LogP contribution in [0.5, 0.6) is 0 Å². The van der Waals surface area contributed by atoms with Crippen molar-refractivity contribution in [3.05, 3.63) is 419 Å². The number of aromatic nitrogens is 6. The van der Waals surface area contributed by atoms with Crippen LogP contribution >= 0.6 is 21.4 Å². The first-order chi connectivity index (χ1) is 62.3. The molecule has 6 aromatic heterocycles. The zero-order valence-corrected chi connectivity index (χ0v) is 71.5. The molecule has 18 aromatic carbocycles. The first kappa shape index (κ1) is 77.6. The van der Waals surface area contributed by atoms with E-state index in [1.165, 1.54) is 0 Å². The second-order valence-corrected chi connectivity index (χ2v) is 40.8. The average Bonchev–Trinajstić information content (AvgIpc) is 1.73. The highest BCUT2D eigenvalue weighted by molar-refractivity contribution is 7.85. The maximum Gasteiger partial charge on any atom is 0.227 e. The number of fused-ring (bicyclic) bond motifs is 17. The van der Waals surface area contributed by atoms with E-state index in [9.17, 15) is 13.7 Å². The zero-order valence-electron chi connectivity index (χ0n) is 68.8. The molecule has 24 aromatic rings. The van der Waals surface area contributed by atoms with Gasteiger partial charge >= 0.3 is 0 Å². The molecule has 0 radical (unpaired) electrons. The van der Waals surface area contributed by atoms with E-state index in [1.807, 2.05) is 341 Å². The van der Waals surface area contributed by atoms with Gasteiger partial charge < -0.3 is 26.9 Å². The molecule has 0 atom stereocenters. The van der Waals surface area contributed by atoms with Crippen molar-refractivity contribution < 1.29 is 26.9 Å². The van der Waals surface area contributed by atoms with Crippen molar-refractivity contribution in [1.82, 2.24) is 29.9 Å². The van der Waals surface area contributed by atoms with Crippen LogP contribution in [0.15, 0.2) is 432 Å². The lowest BCUT2D eigenvalue weighted by atomic mass is 9.97. The van der Waals surface area contributed by atoms with E-state index in [1.54, 1.807) is 0 Å². The molecule has 24 rings (SSSR count). The summed E-state index contributed by atoms with van der Waals surface area (Å²) < 4.78 is 61.2. The van der Waals surface area contributed by atoms with Gasteiger partial charge in [-0.25, -0.2) is 29.9 Å². The first-order valence-corrected chi connectivity index (χ1v) is 48.0. The minimum atomic E-state index is -3.08. The van der Waals surface area contributed by atoms with Crippen LogP contribution in [0.3, 0.4) is 0 Å². The van der Waals surface area contributed by atoms with Crippen LogP contribution in [0.2, 0.25) is 0 Å². The third-order valence-electron chi connectivity index (χ3n) is 23.9. The summed E-state index contributed by atoms with van der Waals surface area (Å²) in [4.78, 5) is 30.4. The fraction of sp³-hybridized carbons (Fsp3) is 0.0179. The summed E-state index contributed by atoms with van der Waals surface area (Å²) >= 11 is 0. The quantitative estimate of drug-likeness (QED) is 0.0792. The van der Waals surface area contributed by atoms with Crippen molar-refractivity contribution >= 4 is 178 Å². The Morgan fingerprint density at radius 3 is 0.811 bits per heavy atom. The molecule has 12 nitrogen and oxygen atoms in total. The van der Waals surface area contributed by atoms with Crippen molar-refractivity contribution in [2.24, 2.45) is 0 Å². The molecular formula is C112H75N6O6P3. The molecule has 0 N–H and O–H groups in total. The number of nitrogens with zero attached hydrogens (tertiary/aromatic N) is 6. The fourth-order valence-corrected chi connectivity index (χ4v) is 23.8. The normalized spacial score (nSPS) is 12.0. The van der Waals surface area contributed by atoms with Crippen molar-refractivity contribution in [2.45, 2.75) is 0 Å². The van der Waals surface area contributed by atoms with Crippen LogP contribution in [0, 0.1) is 0 Å². The van der Waals surface area contributed by atoms with Crippen molar-refractivity contribution in [1.29, 1.82) is 0 Å². The molecule has 0 aliphatic heterocycles. The van der Waals surface area contributed by atoms with E-state index in [2.05, 4.69) is 91.0 Å². The summed E-state index contributed by atoms with van der Waals surface area (Å²) in [6, 6.07) is 139. The number of para-hydroxylation sites is 3. The maximum absolute atomic E-state index is 15.0. The number of pyridine rings is 3. The molecule has 0 bridgehead atoms. The predicted molar refractivity (Wildman–Crippen MR) is 526 cm³/mol. The molecule has 0 fully saturated rings. The lowest BCUT2D eigenvalue weighted by Gasteiger charge is -2.20. The van der Waals surface area contributed by atoms with Crippen LogP contribution in [-0.2, 0) is 13.7 Å². The smallest absolute Gasteiger partial charge is 0.227 e. The van der Waals surface area contributed by atoms with Gasteiger partial charge in [0.05, 0.1) is 33.6 Å². The highest BCUT2D eigenvalue weighted by Crippen LogP contribution is 2.48. The summed E-state index contributed by atoms with van der Waals surface area (Å²) in [7, 11) is -8.48. The monoisotopic (exact) mass is 1690 g/mol. The summed E-state index contributed by atoms with van der Waals surface area (Å²) in [5.74, 6) is 1.80. The lowest BCUT2D eigenvalue weighted by Crippen LogP contribution is -2.24. The average molecular weight is 1690 g/mol. The molecule has 0 unspecified atom stereocenters. The Labute approximate surface area is 730 Å². The van der Waals surface area contributed by atoms with Crippen molar-refractivity contribution in [3.63, 3.8) is 0 Å². The van der Waals surface area contributed by atoms with Crippen LogP contribution in [0.1, 0.15) is 0 Å². The van der Waals surface area contributed by atoms with Crippen molar-refractivity contribution in [3.8, 4) is 68.1 Å². The third kappa shape index (κ3) is 14.1. The Morgan fingerprint density at radius 2 is 0.465 bits per heavy atom. The maximum atomic E-state index is 15.0. The second-order valence-electron chi connectivity index (χ2n) is 32.0. The molecule has 0 saturated heterocycles. The first-order valence-electron chi connectivity index (χ1n) is 42.0. The van der Waals surface area contributed by atoms with E-state index in [0.29, 0.717) is 17.7 Å². The van der Waals surface area contributed by atoms with Gasteiger partial charge in [0.1, 0.15) is 23.7 Å². The Morgan fingerprint density at radius 1 is 0.205 bits per heavy atom. The molecule has 127 heavy (non-hydrogen) atoms. The Hall–Kier alpha value is -15.4. The van der Waals surface area contributed by atoms with Gasteiger partial charge in [0.25, 0.3) is 0 Å². The Bertz CT molecular complexity index is 8490. The minimum Gasteiger partial charge on any atom is -0.436 e. The van der Waals surface area contributed by atoms with Crippen LogP contribution in [-0.4, -0.2) is 43.2 Å². The summed E-state index contributed by atoms with van der Waals surface area (Å²) in [5.41, 5.74) is 15.8. The number of hydrogen-bond donors (Lipinski definition) is 0. The van der Waals surface area contributed by atoms with E-state index < -0.39 is 21.4 Å². The molecule has 0 amide bonds. The largest absolute Gasteiger partial charge is 0.436 e. The number of oxazole rings is 3. The summed E-state index contributed by atoms with van der Waals surface area (Å²) in [6.45, 7) is 3.61. The predicted octanol–water partition coefficient (Wildman–Crippen LogP) is 26.4. The molecule has 6 heterocycles. The molecule has 0 spiro atoms. The molecule has 0 saturated carbocycles. The lowest BCUT2D eigenvalue weighted by molar-refractivity contribution is 0.588. The minimum absolute atomic E-state index is 0.590. The van der Waals surface area contributed by atoms with Crippen LogP contribution in [0.25, 0.3) is 188 Å². The highest BCUT2D eigenvalue weighted by atomic mass is 31.2. The topological polar surface area (TPSA) is 168 Å². The molecule has 0 aliphatic rings. The number of hydrogen-bond acceptors (Lipinski definition) is 12. The van der Waals surface area contributed by atoms with E-state index in [0.717, 1.165) is 207 Å². The molecule has 0 aliphatic carbocycles. The molecule has 604 valence electrons. The number of benzene rings is 18. The summed E-state index contributed by atoms with van der Waals surface area (Å²) in [6.07, 6.45) is 0. The van der Waals surface area contributed by atoms with Gasteiger partial charge in [-0.15, -0.1) is 0 Å². The highest BCUT2D eigenvalue weighted by Gasteiger charge is 2.33. The summed E-state index contributed by atoms with van der Waals surface area (Å²) in [5, 5.41) is 19.2. The Kier molecular flexibility index (Phi) is 19.6. The number of rotatable bonds is 13. The SMILES string of the molecule is CP(C)(=O)c1ccc2cc(-c3nc4ccccc4c4c3ccc3oc(-c5ccccc5)nc34)ccc2c1.O=P(c1ccccc1)(c1ccccc1)c1ccc(-c2nc3ccccc3c3c2ccc2oc(-c4ccccc4)nc23)cc1.O=P(c1ccccc1)(c1ccccc1)c1ccc2cc(-c3nc4ccccc4c4c3ccc3oc(-c5ccccc5)nc34)ccc2c1. The second kappa shape index (κ2) is 32.0.